The maximum Gasteiger partial charge on any atom is 0.220 e. The van der Waals surface area contributed by atoms with Crippen LogP contribution in [0.3, 0.4) is 0 Å². The number of aliphatic hydroxyl groups is 1. The molecule has 3 rings (SSSR count). The average molecular weight is 390 g/mol. The molecule has 0 radical (unpaired) electrons. The highest BCUT2D eigenvalue weighted by Crippen LogP contribution is 2.32. The fourth-order valence-corrected chi connectivity index (χ4v) is 2.91. The lowest BCUT2D eigenvalue weighted by Crippen LogP contribution is -2.14. The SMILES string of the molecule is COCCCn1cc(-c2nc(N)ncc2C#N)c2cc(C#CC(C)(C)O)ncc21. The molecule has 148 valence electrons. The number of aryl methyl sites for hydroxylation is 1. The highest BCUT2D eigenvalue weighted by molar-refractivity contribution is 5.96. The summed E-state index contributed by atoms with van der Waals surface area (Å²) >= 11 is 0. The van der Waals surface area contributed by atoms with Crippen LogP contribution in [0.1, 0.15) is 31.5 Å². The second-order valence-electron chi connectivity index (χ2n) is 7.08. The molecule has 3 heterocycles. The van der Waals surface area contributed by atoms with Crippen molar-refractivity contribution in [2.75, 3.05) is 19.5 Å². The topological polar surface area (TPSA) is 123 Å². The van der Waals surface area contributed by atoms with Gasteiger partial charge in [-0.1, -0.05) is 5.92 Å². The van der Waals surface area contributed by atoms with Gasteiger partial charge in [0.15, 0.2) is 0 Å². The number of aromatic nitrogens is 4. The first kappa shape index (κ1) is 20.3. The second-order valence-corrected chi connectivity index (χ2v) is 7.08. The van der Waals surface area contributed by atoms with Crippen LogP contribution in [0, 0.1) is 23.2 Å². The molecule has 0 aromatic carbocycles. The monoisotopic (exact) mass is 390 g/mol. The number of rotatable bonds is 5. The Kier molecular flexibility index (Phi) is 5.79. The van der Waals surface area contributed by atoms with E-state index < -0.39 is 5.60 Å². The quantitative estimate of drug-likeness (QED) is 0.505. The van der Waals surface area contributed by atoms with Gasteiger partial charge in [-0.25, -0.2) is 15.0 Å². The minimum absolute atomic E-state index is 0.0929. The third-order valence-corrected chi connectivity index (χ3v) is 4.19. The lowest BCUT2D eigenvalue weighted by atomic mass is 10.1. The summed E-state index contributed by atoms with van der Waals surface area (Å²) in [6, 6.07) is 3.95. The molecule has 0 atom stereocenters. The number of nitriles is 1. The van der Waals surface area contributed by atoms with Gasteiger partial charge in [0.25, 0.3) is 0 Å². The predicted molar refractivity (Wildman–Crippen MR) is 110 cm³/mol. The van der Waals surface area contributed by atoms with Gasteiger partial charge < -0.3 is 20.1 Å². The molecule has 0 fully saturated rings. The smallest absolute Gasteiger partial charge is 0.220 e. The standard InChI is InChI=1S/C21H22N6O2/c1-21(2,28)6-5-15-9-16-17(19-14(10-22)11-25-20(23)26-19)13-27(7-4-8-29-3)18(16)12-24-15/h9,11-13,28H,4,7-8H2,1-3H3,(H2,23,25,26). The van der Waals surface area contributed by atoms with Crippen molar-refractivity contribution in [2.24, 2.45) is 0 Å². The minimum atomic E-state index is -1.12. The van der Waals surface area contributed by atoms with Crippen LogP contribution in [-0.2, 0) is 11.3 Å². The van der Waals surface area contributed by atoms with Gasteiger partial charge in [0, 0.05) is 37.4 Å². The van der Waals surface area contributed by atoms with Gasteiger partial charge in [0.05, 0.1) is 29.2 Å². The third-order valence-electron chi connectivity index (χ3n) is 4.19. The summed E-state index contributed by atoms with van der Waals surface area (Å²) in [4.78, 5) is 12.6. The Hall–Kier alpha value is -3.46. The van der Waals surface area contributed by atoms with E-state index in [1.54, 1.807) is 27.2 Å². The number of pyridine rings is 1. The molecular weight excluding hydrogens is 368 g/mol. The average Bonchev–Trinajstić information content (AvgIpc) is 3.04. The molecule has 0 saturated carbocycles. The number of hydrogen-bond acceptors (Lipinski definition) is 7. The molecule has 0 unspecified atom stereocenters. The first-order valence-electron chi connectivity index (χ1n) is 9.09. The van der Waals surface area contributed by atoms with E-state index in [0.717, 1.165) is 22.9 Å². The minimum Gasteiger partial charge on any atom is -0.385 e. The summed E-state index contributed by atoms with van der Waals surface area (Å²) in [6.07, 6.45) is 5.90. The van der Waals surface area contributed by atoms with E-state index in [4.69, 9.17) is 10.5 Å². The number of anilines is 1. The van der Waals surface area contributed by atoms with E-state index in [-0.39, 0.29) is 5.95 Å². The highest BCUT2D eigenvalue weighted by Gasteiger charge is 2.17. The van der Waals surface area contributed by atoms with Crippen molar-refractivity contribution in [1.29, 1.82) is 5.26 Å². The maximum atomic E-state index is 9.86. The number of nitrogens with zero attached hydrogens (tertiary/aromatic N) is 5. The molecule has 0 saturated heterocycles. The lowest BCUT2D eigenvalue weighted by molar-refractivity contribution is 0.143. The molecule has 0 aliphatic heterocycles. The Morgan fingerprint density at radius 3 is 2.79 bits per heavy atom. The van der Waals surface area contributed by atoms with Crippen molar-refractivity contribution >= 4 is 16.9 Å². The first-order valence-corrected chi connectivity index (χ1v) is 9.09. The molecule has 0 spiro atoms. The van der Waals surface area contributed by atoms with E-state index in [1.807, 2.05) is 16.8 Å². The summed E-state index contributed by atoms with van der Waals surface area (Å²) in [7, 11) is 1.66. The zero-order valence-corrected chi connectivity index (χ0v) is 16.6. The zero-order chi connectivity index (χ0) is 21.0. The van der Waals surface area contributed by atoms with Gasteiger partial charge in [0.2, 0.25) is 5.95 Å². The summed E-state index contributed by atoms with van der Waals surface area (Å²) in [6.45, 7) is 4.56. The zero-order valence-electron chi connectivity index (χ0n) is 16.6. The lowest BCUT2D eigenvalue weighted by Gasteiger charge is -2.06. The normalized spacial score (nSPS) is 11.1. The molecule has 3 aromatic heterocycles. The molecule has 8 heteroatoms. The van der Waals surface area contributed by atoms with Crippen LogP contribution in [0.4, 0.5) is 5.95 Å². The molecule has 0 amide bonds. The van der Waals surface area contributed by atoms with Crippen molar-refractivity contribution in [2.45, 2.75) is 32.4 Å². The van der Waals surface area contributed by atoms with E-state index in [2.05, 4.69) is 32.9 Å². The molecular formula is C21H22N6O2. The number of methoxy groups -OCH3 is 1. The number of hydrogen-bond donors (Lipinski definition) is 2. The van der Waals surface area contributed by atoms with Crippen LogP contribution in [0.5, 0.6) is 0 Å². The van der Waals surface area contributed by atoms with E-state index >= 15 is 0 Å². The number of ether oxygens (including phenoxy) is 1. The van der Waals surface area contributed by atoms with Crippen LogP contribution in [-0.4, -0.2) is 43.9 Å². The highest BCUT2D eigenvalue weighted by atomic mass is 16.5. The van der Waals surface area contributed by atoms with Gasteiger partial charge in [0.1, 0.15) is 17.4 Å². The van der Waals surface area contributed by atoms with Crippen LogP contribution in [0.2, 0.25) is 0 Å². The summed E-state index contributed by atoms with van der Waals surface area (Å²) in [5.41, 5.74) is 7.58. The molecule has 3 aromatic rings. The Balaban J connectivity index is 2.20. The fraction of sp³-hybridized carbons (Fsp3) is 0.333. The summed E-state index contributed by atoms with van der Waals surface area (Å²) in [5.74, 6) is 5.75. The van der Waals surface area contributed by atoms with Gasteiger partial charge in [-0.15, -0.1) is 0 Å². The molecule has 29 heavy (non-hydrogen) atoms. The van der Waals surface area contributed by atoms with Crippen molar-refractivity contribution < 1.29 is 9.84 Å². The van der Waals surface area contributed by atoms with Crippen LogP contribution in [0.25, 0.3) is 22.2 Å². The molecule has 0 aliphatic carbocycles. The Morgan fingerprint density at radius 1 is 1.31 bits per heavy atom. The first-order chi connectivity index (χ1) is 13.8. The van der Waals surface area contributed by atoms with Crippen LogP contribution < -0.4 is 5.73 Å². The molecule has 3 N–H and O–H groups in total. The number of nitrogen functional groups attached to an aromatic ring is 1. The second kappa shape index (κ2) is 8.27. The third kappa shape index (κ3) is 4.69. The Bertz CT molecular complexity index is 1140. The Morgan fingerprint density at radius 2 is 2.10 bits per heavy atom. The summed E-state index contributed by atoms with van der Waals surface area (Å²) in [5, 5.41) is 20.2. The molecule has 8 nitrogen and oxygen atoms in total. The molecule has 0 bridgehead atoms. The predicted octanol–water partition coefficient (Wildman–Crippen LogP) is 2.11. The van der Waals surface area contributed by atoms with Crippen molar-refractivity contribution in [3.8, 4) is 29.2 Å². The fourth-order valence-electron chi connectivity index (χ4n) is 2.91. The van der Waals surface area contributed by atoms with Crippen molar-refractivity contribution in [3.63, 3.8) is 0 Å². The van der Waals surface area contributed by atoms with E-state index in [9.17, 15) is 10.4 Å². The van der Waals surface area contributed by atoms with Crippen molar-refractivity contribution in [3.05, 3.63) is 35.9 Å². The van der Waals surface area contributed by atoms with Crippen LogP contribution in [0.15, 0.2) is 24.7 Å². The van der Waals surface area contributed by atoms with E-state index in [0.29, 0.717) is 30.1 Å². The number of nitrogens with two attached hydrogens (primary N) is 1. The number of fused-ring (bicyclic) bond motifs is 1. The van der Waals surface area contributed by atoms with Gasteiger partial charge in [-0.3, -0.25) is 0 Å². The van der Waals surface area contributed by atoms with Gasteiger partial charge in [-0.05, 0) is 32.3 Å². The maximum absolute atomic E-state index is 9.86. The van der Waals surface area contributed by atoms with E-state index in [1.165, 1.54) is 6.20 Å². The Labute approximate surface area is 169 Å². The van der Waals surface area contributed by atoms with Crippen LogP contribution >= 0.6 is 0 Å². The van der Waals surface area contributed by atoms with Gasteiger partial charge >= 0.3 is 0 Å². The molecule has 0 aliphatic rings. The largest absolute Gasteiger partial charge is 0.385 e. The van der Waals surface area contributed by atoms with Crippen molar-refractivity contribution in [1.82, 2.24) is 19.5 Å². The van der Waals surface area contributed by atoms with Gasteiger partial charge in [-0.2, -0.15) is 5.26 Å². The summed E-state index contributed by atoms with van der Waals surface area (Å²) < 4.78 is 7.20.